The average Bonchev–Trinajstić information content (AvgIpc) is 2.48. The van der Waals surface area contributed by atoms with Crippen molar-refractivity contribution < 1.29 is 14.3 Å². The first-order chi connectivity index (χ1) is 10.1. The molecule has 0 unspecified atom stereocenters. The molecule has 0 aromatic heterocycles. The van der Waals surface area contributed by atoms with Crippen LogP contribution in [0.3, 0.4) is 0 Å². The molecule has 1 aromatic rings. The lowest BCUT2D eigenvalue weighted by Crippen LogP contribution is -2.21. The van der Waals surface area contributed by atoms with E-state index >= 15 is 0 Å². The van der Waals surface area contributed by atoms with Crippen LogP contribution in [0.5, 0.6) is 0 Å². The largest absolute Gasteiger partial charge is 0.389 e. The van der Waals surface area contributed by atoms with Gasteiger partial charge in [-0.1, -0.05) is 52.2 Å². The minimum atomic E-state index is -0.541. The Hall–Kier alpha value is -1.64. The average molecular weight is 290 g/mol. The van der Waals surface area contributed by atoms with Crippen LogP contribution in [0, 0.1) is 5.92 Å². The number of hydrogen-bond acceptors (Lipinski definition) is 3. The molecule has 3 nitrogen and oxygen atoms in total. The zero-order valence-corrected chi connectivity index (χ0v) is 13.4. The molecule has 0 bridgehead atoms. The summed E-state index contributed by atoms with van der Waals surface area (Å²) in [4.78, 5) is 24.0. The second kappa shape index (κ2) is 9.32. The molecule has 1 aromatic carbocycles. The van der Waals surface area contributed by atoms with Crippen LogP contribution in [-0.4, -0.2) is 11.9 Å². The Balaban J connectivity index is 2.64. The van der Waals surface area contributed by atoms with E-state index in [1.54, 1.807) is 12.1 Å². The number of rotatable bonds is 8. The Bertz CT molecular complexity index is 442. The van der Waals surface area contributed by atoms with Crippen LogP contribution in [0.2, 0.25) is 0 Å². The number of carbonyl (C=O) groups is 2. The van der Waals surface area contributed by atoms with Crippen LogP contribution in [0.1, 0.15) is 68.8 Å². The van der Waals surface area contributed by atoms with Crippen molar-refractivity contribution in [1.29, 1.82) is 0 Å². The molecule has 0 atom stereocenters. The van der Waals surface area contributed by atoms with Crippen LogP contribution in [0.4, 0.5) is 0 Å². The van der Waals surface area contributed by atoms with E-state index in [-0.39, 0.29) is 11.9 Å². The van der Waals surface area contributed by atoms with Gasteiger partial charge in [-0.25, -0.2) is 4.79 Å². The molecule has 0 saturated carbocycles. The van der Waals surface area contributed by atoms with Crippen molar-refractivity contribution in [1.82, 2.24) is 0 Å². The Kier molecular flexibility index (Phi) is 7.73. The second-order valence-electron chi connectivity index (χ2n) is 5.43. The minimum Gasteiger partial charge on any atom is -0.389 e. The number of carbonyl (C=O) groups excluding carboxylic acids is 2. The van der Waals surface area contributed by atoms with Gasteiger partial charge in [0.2, 0.25) is 0 Å². The molecule has 0 radical (unpaired) electrons. The van der Waals surface area contributed by atoms with Crippen molar-refractivity contribution >= 4 is 11.9 Å². The molecule has 0 aliphatic carbocycles. The van der Waals surface area contributed by atoms with Crippen LogP contribution in [0.15, 0.2) is 24.3 Å². The third-order valence-corrected chi connectivity index (χ3v) is 3.53. The van der Waals surface area contributed by atoms with Crippen LogP contribution >= 0.6 is 0 Å². The molecule has 0 fully saturated rings. The maximum Gasteiger partial charge on any atom is 0.345 e. The molecule has 21 heavy (non-hydrogen) atoms. The molecule has 0 heterocycles. The van der Waals surface area contributed by atoms with E-state index in [0.717, 1.165) is 38.5 Å². The molecule has 0 spiro atoms. The topological polar surface area (TPSA) is 43.4 Å². The highest BCUT2D eigenvalue weighted by Crippen LogP contribution is 2.16. The summed E-state index contributed by atoms with van der Waals surface area (Å²) >= 11 is 0. The molecular weight excluding hydrogens is 264 g/mol. The normalized spacial score (nSPS) is 10.7. The second-order valence-corrected chi connectivity index (χ2v) is 5.43. The molecule has 0 amide bonds. The fourth-order valence-electron chi connectivity index (χ4n) is 2.41. The van der Waals surface area contributed by atoms with Crippen LogP contribution in [-0.2, 0) is 16.0 Å². The molecule has 0 aliphatic heterocycles. The highest BCUT2D eigenvalue weighted by atomic mass is 16.6. The van der Waals surface area contributed by atoms with Gasteiger partial charge >= 0.3 is 11.9 Å². The van der Waals surface area contributed by atoms with E-state index in [1.165, 1.54) is 5.56 Å². The smallest absolute Gasteiger partial charge is 0.345 e. The summed E-state index contributed by atoms with van der Waals surface area (Å²) in [5.74, 6) is -1.09. The first kappa shape index (κ1) is 17.4. The van der Waals surface area contributed by atoms with E-state index in [1.807, 2.05) is 26.0 Å². The van der Waals surface area contributed by atoms with Crippen LogP contribution < -0.4 is 0 Å². The first-order valence-corrected chi connectivity index (χ1v) is 7.97. The quantitative estimate of drug-likeness (QED) is 0.521. The zero-order valence-electron chi connectivity index (χ0n) is 13.4. The van der Waals surface area contributed by atoms with E-state index < -0.39 is 5.97 Å². The molecule has 0 saturated heterocycles. The fraction of sp³-hybridized carbons (Fsp3) is 0.556. The predicted octanol–water partition coefficient (Wildman–Crippen LogP) is 4.54. The third kappa shape index (κ3) is 5.70. The molecule has 1 rings (SSSR count). The Morgan fingerprint density at radius 1 is 0.952 bits per heavy atom. The van der Waals surface area contributed by atoms with Gasteiger partial charge in [-0.2, -0.15) is 0 Å². The fourth-order valence-corrected chi connectivity index (χ4v) is 2.41. The van der Waals surface area contributed by atoms with Crippen LogP contribution in [0.25, 0.3) is 0 Å². The first-order valence-electron chi connectivity index (χ1n) is 7.97. The summed E-state index contributed by atoms with van der Waals surface area (Å²) in [6.07, 6.45) is 5.44. The number of aryl methyl sites for hydroxylation is 1. The van der Waals surface area contributed by atoms with Gasteiger partial charge in [-0.3, -0.25) is 4.79 Å². The van der Waals surface area contributed by atoms with E-state index in [4.69, 9.17) is 4.74 Å². The van der Waals surface area contributed by atoms with Gasteiger partial charge in [-0.15, -0.1) is 0 Å². The summed E-state index contributed by atoms with van der Waals surface area (Å²) in [5, 5.41) is 0. The van der Waals surface area contributed by atoms with Gasteiger partial charge in [-0.05, 0) is 37.0 Å². The maximum atomic E-state index is 12.0. The molecule has 3 heteroatoms. The lowest BCUT2D eigenvalue weighted by Gasteiger charge is -2.13. The van der Waals surface area contributed by atoms with Gasteiger partial charge < -0.3 is 4.74 Å². The van der Waals surface area contributed by atoms with Crippen molar-refractivity contribution in [3.05, 3.63) is 35.4 Å². The van der Waals surface area contributed by atoms with Crippen molar-refractivity contribution in [2.75, 3.05) is 0 Å². The maximum absolute atomic E-state index is 12.0. The molecule has 0 N–H and O–H groups in total. The van der Waals surface area contributed by atoms with Gasteiger partial charge in [0, 0.05) is 0 Å². The lowest BCUT2D eigenvalue weighted by atomic mass is 9.98. The number of esters is 2. The van der Waals surface area contributed by atoms with Crippen molar-refractivity contribution in [2.45, 2.75) is 59.3 Å². The molecule has 116 valence electrons. The summed E-state index contributed by atoms with van der Waals surface area (Å²) in [6, 6.07) is 7.30. The Labute approximate surface area is 127 Å². The zero-order chi connectivity index (χ0) is 15.7. The van der Waals surface area contributed by atoms with E-state index in [2.05, 4.69) is 6.92 Å². The Morgan fingerprint density at radius 2 is 1.52 bits per heavy atom. The number of benzene rings is 1. The van der Waals surface area contributed by atoms with Gasteiger partial charge in [0.1, 0.15) is 0 Å². The van der Waals surface area contributed by atoms with E-state index in [9.17, 15) is 9.59 Å². The standard InChI is InChI=1S/C18H26O3/c1-4-7-14-10-12-16(13-11-14)18(20)21-17(19)15(8-5-2)9-6-3/h10-13,15H,4-9H2,1-3H3. The number of hydrogen-bond donors (Lipinski definition) is 0. The predicted molar refractivity (Wildman–Crippen MR) is 84.2 cm³/mol. The summed E-state index contributed by atoms with van der Waals surface area (Å²) in [6.45, 7) is 6.18. The van der Waals surface area contributed by atoms with Crippen molar-refractivity contribution in [3.63, 3.8) is 0 Å². The monoisotopic (exact) mass is 290 g/mol. The summed E-state index contributed by atoms with van der Waals surface area (Å²) in [5.41, 5.74) is 1.63. The Morgan fingerprint density at radius 3 is 2.00 bits per heavy atom. The van der Waals surface area contributed by atoms with Gasteiger partial charge in [0.25, 0.3) is 0 Å². The highest BCUT2D eigenvalue weighted by Gasteiger charge is 2.21. The van der Waals surface area contributed by atoms with Crippen molar-refractivity contribution in [3.8, 4) is 0 Å². The minimum absolute atomic E-state index is 0.164. The van der Waals surface area contributed by atoms with E-state index in [0.29, 0.717) is 5.56 Å². The number of ether oxygens (including phenoxy) is 1. The highest BCUT2D eigenvalue weighted by molar-refractivity contribution is 5.97. The summed E-state index contributed by atoms with van der Waals surface area (Å²) < 4.78 is 5.03. The van der Waals surface area contributed by atoms with Gasteiger partial charge in [0.15, 0.2) is 0 Å². The summed E-state index contributed by atoms with van der Waals surface area (Å²) in [7, 11) is 0. The SMILES string of the molecule is CCCc1ccc(C(=O)OC(=O)C(CCC)CCC)cc1. The molecule has 0 aliphatic rings. The van der Waals surface area contributed by atoms with Gasteiger partial charge in [0.05, 0.1) is 11.5 Å². The third-order valence-electron chi connectivity index (χ3n) is 3.53. The lowest BCUT2D eigenvalue weighted by molar-refractivity contribution is -0.143. The molecular formula is C18H26O3. The van der Waals surface area contributed by atoms with Crippen molar-refractivity contribution in [2.24, 2.45) is 5.92 Å².